The highest BCUT2D eigenvalue weighted by Crippen LogP contribution is 2.30. The Labute approximate surface area is 102 Å². The maximum Gasteiger partial charge on any atom is 0.133 e. The molecule has 3 aromatic rings. The van der Waals surface area contributed by atoms with E-state index in [1.807, 2.05) is 35.8 Å². The van der Waals surface area contributed by atoms with E-state index in [0.717, 1.165) is 22.0 Å². The van der Waals surface area contributed by atoms with Crippen LogP contribution in [-0.2, 0) is 0 Å². The highest BCUT2D eigenvalue weighted by Gasteiger charge is 2.09. The van der Waals surface area contributed by atoms with Gasteiger partial charge in [0, 0.05) is 17.8 Å². The summed E-state index contributed by atoms with van der Waals surface area (Å²) in [6.45, 7) is 0. The Balaban J connectivity index is 2.04. The van der Waals surface area contributed by atoms with Gasteiger partial charge in [-0.1, -0.05) is 0 Å². The monoisotopic (exact) mass is 242 g/mol. The van der Waals surface area contributed by atoms with Crippen molar-refractivity contribution in [2.75, 3.05) is 5.73 Å². The summed E-state index contributed by atoms with van der Waals surface area (Å²) in [5, 5.41) is 2.90. The van der Waals surface area contributed by atoms with Gasteiger partial charge >= 0.3 is 0 Å². The number of aromatic nitrogens is 3. The first-order valence-electron chi connectivity index (χ1n) is 5.15. The van der Waals surface area contributed by atoms with Crippen molar-refractivity contribution in [2.24, 2.45) is 0 Å². The zero-order valence-electron chi connectivity index (χ0n) is 8.92. The molecule has 0 aromatic carbocycles. The number of nitrogens with zero attached hydrogens (tertiary/aromatic N) is 2. The fourth-order valence-electron chi connectivity index (χ4n) is 1.61. The summed E-state index contributed by atoms with van der Waals surface area (Å²) in [4.78, 5) is 11.7. The number of aromatic amines is 1. The standard InChI is InChI=1S/C12H10N4S/c13-11-8(3-1-6-15-11)12-16-10(7-17-12)9-4-2-5-14-9/h1-7,14H,(H2,13,15). The molecule has 0 aliphatic rings. The fraction of sp³-hybridized carbons (Fsp3) is 0. The van der Waals surface area contributed by atoms with Crippen molar-refractivity contribution in [2.45, 2.75) is 0 Å². The molecule has 17 heavy (non-hydrogen) atoms. The molecule has 0 unspecified atom stereocenters. The van der Waals surface area contributed by atoms with Crippen LogP contribution in [0.2, 0.25) is 0 Å². The molecule has 0 bridgehead atoms. The molecule has 0 amide bonds. The first-order chi connectivity index (χ1) is 8.34. The van der Waals surface area contributed by atoms with Crippen LogP contribution in [0.15, 0.2) is 42.0 Å². The summed E-state index contributed by atoms with van der Waals surface area (Å²) < 4.78 is 0. The number of nitrogen functional groups attached to an aromatic ring is 1. The van der Waals surface area contributed by atoms with E-state index in [-0.39, 0.29) is 0 Å². The van der Waals surface area contributed by atoms with Crippen LogP contribution in [0.4, 0.5) is 5.82 Å². The van der Waals surface area contributed by atoms with Gasteiger partial charge in [-0.05, 0) is 24.3 Å². The first-order valence-corrected chi connectivity index (χ1v) is 6.03. The van der Waals surface area contributed by atoms with Gasteiger partial charge in [0.25, 0.3) is 0 Å². The van der Waals surface area contributed by atoms with Crippen molar-refractivity contribution in [1.29, 1.82) is 0 Å². The van der Waals surface area contributed by atoms with E-state index in [1.165, 1.54) is 0 Å². The van der Waals surface area contributed by atoms with Gasteiger partial charge in [0.15, 0.2) is 0 Å². The van der Waals surface area contributed by atoms with Gasteiger partial charge in [-0.3, -0.25) is 0 Å². The molecular weight excluding hydrogens is 232 g/mol. The third-order valence-corrected chi connectivity index (χ3v) is 3.32. The molecule has 0 saturated carbocycles. The number of anilines is 1. The minimum Gasteiger partial charge on any atom is -0.383 e. The second kappa shape index (κ2) is 4.03. The lowest BCUT2D eigenvalue weighted by Crippen LogP contribution is -1.92. The Hall–Kier alpha value is -2.14. The lowest BCUT2D eigenvalue weighted by molar-refractivity contribution is 1.30. The maximum atomic E-state index is 5.83. The number of rotatable bonds is 2. The average molecular weight is 242 g/mol. The zero-order chi connectivity index (χ0) is 11.7. The van der Waals surface area contributed by atoms with Crippen LogP contribution in [0, 0.1) is 0 Å². The summed E-state index contributed by atoms with van der Waals surface area (Å²) in [5.74, 6) is 0.514. The summed E-state index contributed by atoms with van der Waals surface area (Å²) in [6.07, 6.45) is 3.56. The number of nitrogens with two attached hydrogens (primary N) is 1. The molecule has 0 fully saturated rings. The molecule has 84 valence electrons. The van der Waals surface area contributed by atoms with Crippen LogP contribution in [0.5, 0.6) is 0 Å². The Kier molecular flexibility index (Phi) is 2.38. The third-order valence-electron chi connectivity index (χ3n) is 2.45. The normalized spacial score (nSPS) is 10.6. The molecule has 0 spiro atoms. The number of pyridine rings is 1. The van der Waals surface area contributed by atoms with Crippen LogP contribution in [0.25, 0.3) is 22.0 Å². The molecule has 4 nitrogen and oxygen atoms in total. The largest absolute Gasteiger partial charge is 0.383 e. The molecule has 3 heterocycles. The molecule has 3 N–H and O–H groups in total. The van der Waals surface area contributed by atoms with Gasteiger partial charge < -0.3 is 10.7 Å². The van der Waals surface area contributed by atoms with Crippen LogP contribution in [0.1, 0.15) is 0 Å². The number of thiazole rings is 1. The summed E-state index contributed by atoms with van der Waals surface area (Å²) in [6, 6.07) is 7.74. The SMILES string of the molecule is Nc1ncccc1-c1nc(-c2ccc[nH]2)cs1. The Morgan fingerprint density at radius 3 is 2.94 bits per heavy atom. The summed E-state index contributed by atoms with van der Waals surface area (Å²) in [5.41, 5.74) is 8.65. The van der Waals surface area contributed by atoms with E-state index in [0.29, 0.717) is 5.82 Å². The summed E-state index contributed by atoms with van der Waals surface area (Å²) >= 11 is 1.56. The highest BCUT2D eigenvalue weighted by molar-refractivity contribution is 7.13. The number of hydrogen-bond donors (Lipinski definition) is 2. The van der Waals surface area contributed by atoms with Crippen molar-refractivity contribution in [3.63, 3.8) is 0 Å². The topological polar surface area (TPSA) is 67.6 Å². The number of H-pyrrole nitrogens is 1. The van der Waals surface area contributed by atoms with Crippen molar-refractivity contribution in [1.82, 2.24) is 15.0 Å². The quantitative estimate of drug-likeness (QED) is 0.726. The van der Waals surface area contributed by atoms with Crippen LogP contribution >= 0.6 is 11.3 Å². The highest BCUT2D eigenvalue weighted by atomic mass is 32.1. The zero-order valence-corrected chi connectivity index (χ0v) is 9.74. The molecule has 5 heteroatoms. The molecule has 0 atom stereocenters. The van der Waals surface area contributed by atoms with Crippen LogP contribution in [-0.4, -0.2) is 15.0 Å². The van der Waals surface area contributed by atoms with Gasteiger partial charge in [0.2, 0.25) is 0 Å². The molecule has 0 aliphatic carbocycles. The van der Waals surface area contributed by atoms with Gasteiger partial charge in [-0.2, -0.15) is 0 Å². The van der Waals surface area contributed by atoms with Crippen LogP contribution < -0.4 is 5.73 Å². The number of nitrogens with one attached hydrogen (secondary N) is 1. The molecule has 0 saturated heterocycles. The second-order valence-electron chi connectivity index (χ2n) is 3.56. The molecule has 3 rings (SSSR count). The number of hydrogen-bond acceptors (Lipinski definition) is 4. The smallest absolute Gasteiger partial charge is 0.133 e. The Bertz CT molecular complexity index is 628. The minimum absolute atomic E-state index is 0.514. The molecular formula is C12H10N4S. The van der Waals surface area contributed by atoms with Crippen molar-refractivity contribution in [3.8, 4) is 22.0 Å². The fourth-order valence-corrected chi connectivity index (χ4v) is 2.46. The third kappa shape index (κ3) is 1.81. The second-order valence-corrected chi connectivity index (χ2v) is 4.42. The van der Waals surface area contributed by atoms with Gasteiger partial charge in [0.1, 0.15) is 10.8 Å². The van der Waals surface area contributed by atoms with E-state index >= 15 is 0 Å². The maximum absolute atomic E-state index is 5.83. The van der Waals surface area contributed by atoms with E-state index in [4.69, 9.17) is 5.73 Å². The van der Waals surface area contributed by atoms with Crippen LogP contribution in [0.3, 0.4) is 0 Å². The van der Waals surface area contributed by atoms with Crippen molar-refractivity contribution in [3.05, 3.63) is 42.0 Å². The predicted octanol–water partition coefficient (Wildman–Crippen LogP) is 2.78. The molecule has 0 radical (unpaired) electrons. The average Bonchev–Trinajstić information content (AvgIpc) is 3.00. The molecule has 3 aromatic heterocycles. The predicted molar refractivity (Wildman–Crippen MR) is 69.5 cm³/mol. The first kappa shape index (κ1) is 10.0. The van der Waals surface area contributed by atoms with Gasteiger partial charge in [0.05, 0.1) is 17.0 Å². The Morgan fingerprint density at radius 1 is 1.24 bits per heavy atom. The van der Waals surface area contributed by atoms with E-state index in [2.05, 4.69) is 15.0 Å². The lowest BCUT2D eigenvalue weighted by atomic mass is 10.2. The van der Waals surface area contributed by atoms with Gasteiger partial charge in [-0.15, -0.1) is 11.3 Å². The van der Waals surface area contributed by atoms with E-state index < -0.39 is 0 Å². The van der Waals surface area contributed by atoms with E-state index in [9.17, 15) is 0 Å². The minimum atomic E-state index is 0.514. The summed E-state index contributed by atoms with van der Waals surface area (Å²) in [7, 11) is 0. The van der Waals surface area contributed by atoms with Gasteiger partial charge in [-0.25, -0.2) is 9.97 Å². The van der Waals surface area contributed by atoms with Crippen molar-refractivity contribution < 1.29 is 0 Å². The molecule has 0 aliphatic heterocycles. The van der Waals surface area contributed by atoms with E-state index in [1.54, 1.807) is 17.5 Å². The Morgan fingerprint density at radius 2 is 2.18 bits per heavy atom. The lowest BCUT2D eigenvalue weighted by Gasteiger charge is -1.98. The van der Waals surface area contributed by atoms with Crippen molar-refractivity contribution >= 4 is 17.2 Å².